The van der Waals surface area contributed by atoms with Crippen molar-refractivity contribution < 1.29 is 21.9 Å². The number of benzene rings is 1. The van der Waals surface area contributed by atoms with Crippen LogP contribution in [0, 0.1) is 12.7 Å². The molecule has 98 valence electrons. The highest BCUT2D eigenvalue weighted by Gasteiger charge is 2.18. The molecule has 0 amide bonds. The molecule has 7 heteroatoms. The molecule has 0 aliphatic rings. The first-order chi connectivity index (χ1) is 8.37. The molecule has 0 fully saturated rings. The van der Waals surface area contributed by atoms with Gasteiger partial charge < -0.3 is 0 Å². The number of hydrogen-bond donors (Lipinski definition) is 1. The first-order valence-corrected chi connectivity index (χ1v) is 7.83. The van der Waals surface area contributed by atoms with Gasteiger partial charge in [0.1, 0.15) is 10.5 Å². The van der Waals surface area contributed by atoms with Gasteiger partial charge in [-0.1, -0.05) is 11.3 Å². The van der Waals surface area contributed by atoms with E-state index in [1.54, 1.807) is 6.07 Å². The maximum atomic E-state index is 13.2. The average Bonchev–Trinajstić information content (AvgIpc) is 2.54. The topological polar surface area (TPSA) is 58.2 Å². The number of aryl methyl sites for hydroxylation is 2. The van der Waals surface area contributed by atoms with E-state index in [0.717, 1.165) is 15.2 Å². The second kappa shape index (κ2) is 4.91. The van der Waals surface area contributed by atoms with E-state index in [1.165, 1.54) is 23.5 Å². The van der Waals surface area contributed by atoms with Gasteiger partial charge in [0.15, 0.2) is 6.54 Å². The number of halogens is 1. The summed E-state index contributed by atoms with van der Waals surface area (Å²) in [5.41, 5.74) is 0.757. The normalized spacial score (nSPS) is 12.2. The van der Waals surface area contributed by atoms with Crippen LogP contribution in [0.2, 0.25) is 0 Å². The van der Waals surface area contributed by atoms with E-state index < -0.39 is 10.1 Å². The smallest absolute Gasteiger partial charge is 0.265 e. The Labute approximate surface area is 108 Å². The lowest BCUT2D eigenvalue weighted by Crippen LogP contribution is -2.35. The number of rotatable bonds is 4. The zero-order valence-electron chi connectivity index (χ0n) is 9.76. The van der Waals surface area contributed by atoms with Gasteiger partial charge in [-0.15, -0.1) is 0 Å². The summed E-state index contributed by atoms with van der Waals surface area (Å²) in [7, 11) is -3.94. The van der Waals surface area contributed by atoms with Crippen molar-refractivity contribution in [2.45, 2.75) is 19.9 Å². The van der Waals surface area contributed by atoms with E-state index in [-0.39, 0.29) is 11.6 Å². The summed E-state index contributed by atoms with van der Waals surface area (Å²) < 4.78 is 46.0. The van der Waals surface area contributed by atoms with Crippen LogP contribution >= 0.6 is 11.3 Å². The fraction of sp³-hybridized carbons (Fsp3) is 0.364. The zero-order valence-corrected chi connectivity index (χ0v) is 11.4. The lowest BCUT2D eigenvalue weighted by molar-refractivity contribution is -0.672. The fourth-order valence-corrected chi connectivity index (χ4v) is 3.38. The van der Waals surface area contributed by atoms with Gasteiger partial charge >= 0.3 is 0 Å². The Morgan fingerprint density at radius 1 is 1.44 bits per heavy atom. The third-order valence-electron chi connectivity index (χ3n) is 2.63. The molecular formula is C11H13FNO3S2+. The summed E-state index contributed by atoms with van der Waals surface area (Å²) >= 11 is 1.53. The largest absolute Gasteiger partial charge is 0.286 e. The predicted octanol–water partition coefficient (Wildman–Crippen LogP) is 1.91. The second-order valence-electron chi connectivity index (χ2n) is 4.02. The summed E-state index contributed by atoms with van der Waals surface area (Å²) in [6, 6.07) is 4.55. The Morgan fingerprint density at radius 2 is 2.17 bits per heavy atom. The maximum Gasteiger partial charge on any atom is 0.265 e. The molecule has 1 heterocycles. The van der Waals surface area contributed by atoms with E-state index in [0.29, 0.717) is 13.0 Å². The van der Waals surface area contributed by atoms with Crippen molar-refractivity contribution in [2.75, 3.05) is 5.75 Å². The molecule has 2 aromatic rings. The lowest BCUT2D eigenvalue weighted by Gasteiger charge is -1.96. The third kappa shape index (κ3) is 3.04. The van der Waals surface area contributed by atoms with E-state index in [9.17, 15) is 12.8 Å². The molecule has 1 aromatic carbocycles. The van der Waals surface area contributed by atoms with Crippen molar-refractivity contribution in [1.82, 2.24) is 0 Å². The molecule has 18 heavy (non-hydrogen) atoms. The zero-order chi connectivity index (χ0) is 13.3. The van der Waals surface area contributed by atoms with Gasteiger partial charge in [-0.3, -0.25) is 4.55 Å². The maximum absolute atomic E-state index is 13.2. The van der Waals surface area contributed by atoms with Gasteiger partial charge in [0.05, 0.1) is 5.75 Å². The number of nitrogens with zero attached hydrogens (tertiary/aromatic N) is 1. The van der Waals surface area contributed by atoms with E-state index in [4.69, 9.17) is 4.55 Å². The molecule has 0 saturated carbocycles. The molecule has 0 saturated heterocycles. The molecule has 0 radical (unpaired) electrons. The van der Waals surface area contributed by atoms with Gasteiger partial charge in [0.2, 0.25) is 10.5 Å². The molecule has 1 N–H and O–H groups in total. The van der Waals surface area contributed by atoms with Crippen molar-refractivity contribution in [1.29, 1.82) is 0 Å². The Kier molecular flexibility index (Phi) is 3.65. The fourth-order valence-electron chi connectivity index (χ4n) is 1.85. The number of hydrogen-bond acceptors (Lipinski definition) is 3. The Bertz CT molecular complexity index is 679. The third-order valence-corrected chi connectivity index (χ3v) is 4.52. The average molecular weight is 290 g/mol. The molecular weight excluding hydrogens is 277 g/mol. The molecule has 0 aliphatic carbocycles. The summed E-state index contributed by atoms with van der Waals surface area (Å²) in [4.78, 5) is 0. The van der Waals surface area contributed by atoms with E-state index in [1.807, 2.05) is 11.5 Å². The summed E-state index contributed by atoms with van der Waals surface area (Å²) in [6.07, 6.45) is 0.298. The molecule has 2 rings (SSSR count). The second-order valence-corrected chi connectivity index (χ2v) is 6.83. The summed E-state index contributed by atoms with van der Waals surface area (Å²) in [5, 5.41) is 0.978. The van der Waals surface area contributed by atoms with Gasteiger partial charge in [0.25, 0.3) is 10.1 Å². The van der Waals surface area contributed by atoms with E-state index in [2.05, 4.69) is 0 Å². The number of aromatic nitrogens is 1. The number of thiazole rings is 1. The van der Waals surface area contributed by atoms with Crippen LogP contribution in [0.4, 0.5) is 4.39 Å². The molecule has 0 bridgehead atoms. The first kappa shape index (κ1) is 13.4. The number of fused-ring (bicyclic) bond motifs is 1. The quantitative estimate of drug-likeness (QED) is 0.691. The van der Waals surface area contributed by atoms with Crippen LogP contribution in [0.1, 0.15) is 11.4 Å². The minimum absolute atomic E-state index is 0.286. The van der Waals surface area contributed by atoms with Crippen LogP contribution in [0.3, 0.4) is 0 Å². The Hall–Kier alpha value is -1.05. The van der Waals surface area contributed by atoms with Crippen molar-refractivity contribution in [3.8, 4) is 0 Å². The van der Waals surface area contributed by atoms with Gasteiger partial charge in [0, 0.05) is 19.4 Å². The van der Waals surface area contributed by atoms with E-state index >= 15 is 0 Å². The summed E-state index contributed by atoms with van der Waals surface area (Å²) in [6.45, 7) is 2.34. The van der Waals surface area contributed by atoms with Crippen LogP contribution < -0.4 is 4.57 Å². The Balaban J connectivity index is 2.27. The minimum atomic E-state index is -3.94. The Morgan fingerprint density at radius 3 is 2.83 bits per heavy atom. The summed E-state index contributed by atoms with van der Waals surface area (Å²) in [5.74, 6) is -0.602. The highest BCUT2D eigenvalue weighted by Crippen LogP contribution is 2.20. The SMILES string of the molecule is Cc1sc2ccc(F)cc2[n+]1CCCS(=O)(=O)O. The molecule has 0 spiro atoms. The highest BCUT2D eigenvalue weighted by atomic mass is 32.2. The van der Waals surface area contributed by atoms with Crippen LogP contribution in [0.25, 0.3) is 10.2 Å². The molecule has 4 nitrogen and oxygen atoms in total. The highest BCUT2D eigenvalue weighted by molar-refractivity contribution is 7.85. The van der Waals surface area contributed by atoms with Crippen molar-refractivity contribution in [3.63, 3.8) is 0 Å². The molecule has 0 atom stereocenters. The standard InChI is InChI=1S/C11H12FNO3S2/c1-8-13(5-2-6-18(14,15)16)10-7-9(12)3-4-11(10)17-8/h3-4,7H,2,5-6H2,1H3/p+1. The van der Waals surface area contributed by atoms with Crippen LogP contribution in [0.15, 0.2) is 18.2 Å². The van der Waals surface area contributed by atoms with Crippen molar-refractivity contribution in [2.24, 2.45) is 0 Å². The van der Waals surface area contributed by atoms with Gasteiger partial charge in [-0.05, 0) is 12.1 Å². The molecule has 1 aromatic heterocycles. The van der Waals surface area contributed by atoms with Crippen LogP contribution in [-0.2, 0) is 16.7 Å². The van der Waals surface area contributed by atoms with Crippen molar-refractivity contribution >= 4 is 31.7 Å². The minimum Gasteiger partial charge on any atom is -0.286 e. The van der Waals surface area contributed by atoms with Crippen LogP contribution in [-0.4, -0.2) is 18.7 Å². The van der Waals surface area contributed by atoms with Crippen molar-refractivity contribution in [3.05, 3.63) is 29.0 Å². The molecule has 0 aliphatic heterocycles. The van der Waals surface area contributed by atoms with Gasteiger partial charge in [-0.25, -0.2) is 4.39 Å². The lowest BCUT2D eigenvalue weighted by atomic mass is 10.3. The van der Waals surface area contributed by atoms with Crippen LogP contribution in [0.5, 0.6) is 0 Å². The predicted molar refractivity (Wildman–Crippen MR) is 67.7 cm³/mol. The first-order valence-electron chi connectivity index (χ1n) is 5.40. The molecule has 0 unspecified atom stereocenters. The van der Waals surface area contributed by atoms with Gasteiger partial charge in [-0.2, -0.15) is 13.0 Å². The monoisotopic (exact) mass is 290 g/mol.